The van der Waals surface area contributed by atoms with Gasteiger partial charge in [0.05, 0.1) is 6.04 Å². The first-order valence-electron chi connectivity index (χ1n) is 5.81. The van der Waals surface area contributed by atoms with Gasteiger partial charge in [-0.3, -0.25) is 4.79 Å². The first kappa shape index (κ1) is 16.7. The van der Waals surface area contributed by atoms with Gasteiger partial charge in [-0.2, -0.15) is 0 Å². The Morgan fingerprint density at radius 1 is 1.50 bits per heavy atom. The van der Waals surface area contributed by atoms with Crippen LogP contribution in [0.2, 0.25) is 0 Å². The number of hydrogen-bond acceptors (Lipinski definition) is 3. The molecule has 0 bridgehead atoms. The van der Waals surface area contributed by atoms with Gasteiger partial charge in [0.1, 0.15) is 5.75 Å². The van der Waals surface area contributed by atoms with Crippen molar-refractivity contribution in [1.82, 2.24) is 0 Å². The van der Waals surface area contributed by atoms with Gasteiger partial charge in [0.15, 0.2) is 0 Å². The average Bonchev–Trinajstić information content (AvgIpc) is 2.31. The lowest BCUT2D eigenvalue weighted by molar-refractivity contribution is -0.118. The van der Waals surface area contributed by atoms with Crippen LogP contribution in [-0.2, 0) is 4.79 Å². The van der Waals surface area contributed by atoms with Gasteiger partial charge < -0.3 is 16.2 Å². The molecule has 1 amide bonds. The van der Waals surface area contributed by atoms with Crippen LogP contribution in [0.1, 0.15) is 25.8 Å². The summed E-state index contributed by atoms with van der Waals surface area (Å²) >= 11 is 0. The number of nitrogens with two attached hydrogens (primary N) is 1. The Hall–Kier alpha value is -1.26. The van der Waals surface area contributed by atoms with Gasteiger partial charge in [0.25, 0.3) is 0 Å². The zero-order valence-corrected chi connectivity index (χ0v) is 11.8. The van der Waals surface area contributed by atoms with Crippen molar-refractivity contribution in [2.24, 2.45) is 11.7 Å². The Morgan fingerprint density at radius 3 is 2.61 bits per heavy atom. The van der Waals surface area contributed by atoms with E-state index in [0.29, 0.717) is 5.69 Å². The molecule has 0 radical (unpaired) electrons. The summed E-state index contributed by atoms with van der Waals surface area (Å²) in [6.07, 6.45) is 0.864. The largest absolute Gasteiger partial charge is 0.508 e. The summed E-state index contributed by atoms with van der Waals surface area (Å²) in [5.41, 5.74) is 7.20. The molecular weight excluding hydrogens is 252 g/mol. The molecule has 18 heavy (non-hydrogen) atoms. The number of carbonyl (C=O) groups excluding carboxylic acids is 1. The van der Waals surface area contributed by atoms with Crippen molar-refractivity contribution in [2.45, 2.75) is 33.2 Å². The highest BCUT2D eigenvalue weighted by atomic mass is 35.5. The third-order valence-corrected chi connectivity index (χ3v) is 3.02. The molecule has 0 aliphatic carbocycles. The van der Waals surface area contributed by atoms with Crippen molar-refractivity contribution < 1.29 is 9.90 Å². The lowest BCUT2D eigenvalue weighted by Gasteiger charge is -2.17. The van der Waals surface area contributed by atoms with Crippen LogP contribution in [-0.4, -0.2) is 17.1 Å². The number of carbonyl (C=O) groups is 1. The molecule has 0 saturated carbocycles. The summed E-state index contributed by atoms with van der Waals surface area (Å²) in [5.74, 6) is 0.173. The topological polar surface area (TPSA) is 75.4 Å². The number of nitrogens with one attached hydrogen (secondary N) is 1. The van der Waals surface area contributed by atoms with E-state index >= 15 is 0 Å². The zero-order valence-electron chi connectivity index (χ0n) is 10.9. The van der Waals surface area contributed by atoms with Gasteiger partial charge in [-0.05, 0) is 36.6 Å². The van der Waals surface area contributed by atoms with Crippen LogP contribution >= 0.6 is 12.4 Å². The second kappa shape index (κ2) is 7.24. The quantitative estimate of drug-likeness (QED) is 0.737. The number of halogens is 1. The summed E-state index contributed by atoms with van der Waals surface area (Å²) in [6.45, 7) is 5.73. The minimum atomic E-state index is -0.505. The van der Waals surface area contributed by atoms with E-state index in [9.17, 15) is 9.90 Å². The van der Waals surface area contributed by atoms with E-state index in [1.807, 2.05) is 13.8 Å². The highest BCUT2D eigenvalue weighted by Gasteiger charge is 2.19. The maximum atomic E-state index is 11.8. The number of benzene rings is 1. The maximum absolute atomic E-state index is 11.8. The summed E-state index contributed by atoms with van der Waals surface area (Å²) in [4.78, 5) is 11.8. The van der Waals surface area contributed by atoms with E-state index in [0.717, 1.165) is 12.0 Å². The van der Waals surface area contributed by atoms with Crippen LogP contribution in [0.4, 0.5) is 5.69 Å². The number of aromatic hydroxyl groups is 1. The number of hydrogen-bond donors (Lipinski definition) is 3. The molecule has 0 fully saturated rings. The highest BCUT2D eigenvalue weighted by molar-refractivity contribution is 5.95. The standard InChI is InChI=1S/C13H20N2O2.ClH/c1-4-8(2)12(14)13(17)15-10-5-6-11(16)9(3)7-10;/h5-8,12,16H,4,14H2,1-3H3,(H,15,17);1H. The molecule has 0 spiro atoms. The second-order valence-corrected chi connectivity index (χ2v) is 4.40. The molecule has 4 N–H and O–H groups in total. The van der Waals surface area contributed by atoms with Crippen LogP contribution in [0.15, 0.2) is 18.2 Å². The number of aryl methyl sites for hydroxylation is 1. The maximum Gasteiger partial charge on any atom is 0.241 e. The summed E-state index contributed by atoms with van der Waals surface area (Å²) < 4.78 is 0. The van der Waals surface area contributed by atoms with Crippen molar-refractivity contribution in [3.05, 3.63) is 23.8 Å². The number of rotatable bonds is 4. The van der Waals surface area contributed by atoms with E-state index in [2.05, 4.69) is 5.32 Å². The second-order valence-electron chi connectivity index (χ2n) is 4.40. The molecule has 1 aromatic carbocycles. The van der Waals surface area contributed by atoms with Gasteiger partial charge in [-0.25, -0.2) is 0 Å². The number of phenols is 1. The number of anilines is 1. The van der Waals surface area contributed by atoms with Gasteiger partial charge in [-0.1, -0.05) is 20.3 Å². The molecule has 0 aliphatic rings. The lowest BCUT2D eigenvalue weighted by Crippen LogP contribution is -2.40. The minimum Gasteiger partial charge on any atom is -0.508 e. The van der Waals surface area contributed by atoms with Crippen molar-refractivity contribution in [2.75, 3.05) is 5.32 Å². The van der Waals surface area contributed by atoms with Gasteiger partial charge in [-0.15, -0.1) is 12.4 Å². The SMILES string of the molecule is CCC(C)C(N)C(=O)Nc1ccc(O)c(C)c1.Cl. The Kier molecular flexibility index (Phi) is 6.73. The van der Waals surface area contributed by atoms with Gasteiger partial charge in [0.2, 0.25) is 5.91 Å². The van der Waals surface area contributed by atoms with E-state index in [4.69, 9.17) is 5.73 Å². The highest BCUT2D eigenvalue weighted by Crippen LogP contribution is 2.20. The third-order valence-electron chi connectivity index (χ3n) is 3.02. The fourth-order valence-electron chi connectivity index (χ4n) is 1.47. The Balaban J connectivity index is 0.00000289. The fourth-order valence-corrected chi connectivity index (χ4v) is 1.47. The van der Waals surface area contributed by atoms with Crippen LogP contribution in [0, 0.1) is 12.8 Å². The third kappa shape index (κ3) is 4.20. The molecule has 1 aromatic rings. The number of amides is 1. The molecule has 4 nitrogen and oxygen atoms in total. The van der Waals surface area contributed by atoms with Crippen molar-refractivity contribution >= 4 is 24.0 Å². The number of phenolic OH excluding ortho intramolecular Hbond substituents is 1. The molecule has 0 saturated heterocycles. The first-order chi connectivity index (χ1) is 7.95. The molecule has 0 heterocycles. The van der Waals surface area contributed by atoms with Crippen LogP contribution in [0.5, 0.6) is 5.75 Å². The molecule has 1 rings (SSSR count). The molecule has 5 heteroatoms. The molecule has 0 aliphatic heterocycles. The fraction of sp³-hybridized carbons (Fsp3) is 0.462. The average molecular weight is 273 g/mol. The van der Waals surface area contributed by atoms with Crippen LogP contribution in [0.25, 0.3) is 0 Å². The van der Waals surface area contributed by atoms with Gasteiger partial charge in [0, 0.05) is 5.69 Å². The normalized spacial score (nSPS) is 13.3. The zero-order chi connectivity index (χ0) is 13.0. The molecule has 2 atom stereocenters. The van der Waals surface area contributed by atoms with E-state index in [1.165, 1.54) is 0 Å². The van der Waals surface area contributed by atoms with Crippen molar-refractivity contribution in [1.29, 1.82) is 0 Å². The summed E-state index contributed by atoms with van der Waals surface area (Å²) in [7, 11) is 0. The molecule has 102 valence electrons. The van der Waals surface area contributed by atoms with Crippen LogP contribution < -0.4 is 11.1 Å². The Labute approximate surface area is 114 Å². The minimum absolute atomic E-state index is 0. The molecular formula is C13H21ClN2O2. The summed E-state index contributed by atoms with van der Waals surface area (Å²) in [5, 5.41) is 12.1. The summed E-state index contributed by atoms with van der Waals surface area (Å²) in [6, 6.07) is 4.42. The first-order valence-corrected chi connectivity index (χ1v) is 5.81. The molecule has 0 aromatic heterocycles. The van der Waals surface area contributed by atoms with Crippen LogP contribution in [0.3, 0.4) is 0 Å². The predicted octanol–water partition coefficient (Wildman–Crippen LogP) is 2.43. The monoisotopic (exact) mass is 272 g/mol. The van der Waals surface area contributed by atoms with Gasteiger partial charge >= 0.3 is 0 Å². The predicted molar refractivity (Wildman–Crippen MR) is 76.2 cm³/mol. The molecule has 2 unspecified atom stereocenters. The smallest absolute Gasteiger partial charge is 0.241 e. The lowest BCUT2D eigenvalue weighted by atomic mass is 9.99. The van der Waals surface area contributed by atoms with Crippen molar-refractivity contribution in [3.8, 4) is 5.75 Å². The van der Waals surface area contributed by atoms with Crippen molar-refractivity contribution in [3.63, 3.8) is 0 Å². The van der Waals surface area contributed by atoms with E-state index < -0.39 is 6.04 Å². The Bertz CT molecular complexity index is 410. The van der Waals surface area contributed by atoms with E-state index in [1.54, 1.807) is 25.1 Å². The Morgan fingerprint density at radius 2 is 2.11 bits per heavy atom. The van der Waals surface area contributed by atoms with E-state index in [-0.39, 0.29) is 30.0 Å².